The number of hydrogen-bond acceptors (Lipinski definition) is 2. The van der Waals surface area contributed by atoms with Gasteiger partial charge in [-0.1, -0.05) is 114 Å². The summed E-state index contributed by atoms with van der Waals surface area (Å²) < 4.78 is 0. The van der Waals surface area contributed by atoms with Gasteiger partial charge in [-0.25, -0.2) is 0 Å². The molecule has 0 amide bonds. The van der Waals surface area contributed by atoms with Crippen molar-refractivity contribution >= 4 is 33.9 Å². The summed E-state index contributed by atoms with van der Waals surface area (Å²) >= 11 is 0. The average molecular weight is 515 g/mol. The van der Waals surface area contributed by atoms with Gasteiger partial charge >= 0.3 is 5.97 Å². The van der Waals surface area contributed by atoms with Crippen LogP contribution in [0.5, 0.6) is 0 Å². The normalized spacial score (nSPS) is 11.6. The minimum atomic E-state index is -0.964. The molecule has 0 aromatic heterocycles. The molecule has 0 bridgehead atoms. The van der Waals surface area contributed by atoms with E-state index in [1.807, 2.05) is 6.07 Å². The Morgan fingerprint density at radius 2 is 1.11 bits per heavy atom. The second-order valence-corrected chi connectivity index (χ2v) is 20.0. The van der Waals surface area contributed by atoms with Gasteiger partial charge in [0.05, 0.1) is 17.6 Å². The summed E-state index contributed by atoms with van der Waals surface area (Å²) in [6, 6.07) is 17.6. The fourth-order valence-corrected chi connectivity index (χ4v) is 13.2. The Labute approximate surface area is 218 Å². The van der Waals surface area contributed by atoms with Crippen molar-refractivity contribution in [3.63, 3.8) is 0 Å². The Kier molecular flexibility index (Phi) is 14.4. The van der Waals surface area contributed by atoms with Crippen LogP contribution in [0.1, 0.15) is 79.4 Å². The molecular weight excluding hydrogens is 464 g/mol. The Morgan fingerprint density at radius 3 is 1.46 bits per heavy atom. The highest BCUT2D eigenvalue weighted by Gasteiger charge is 2.22. The van der Waals surface area contributed by atoms with E-state index in [1.165, 1.54) is 10.8 Å². The molecule has 0 fully saturated rings. The van der Waals surface area contributed by atoms with Crippen molar-refractivity contribution in [3.05, 3.63) is 59.7 Å². The van der Waals surface area contributed by atoms with E-state index >= 15 is 0 Å². The number of carboxylic acid groups (broad SMARTS) is 1. The molecule has 35 heavy (non-hydrogen) atoms. The Morgan fingerprint density at radius 1 is 0.714 bits per heavy atom. The van der Waals surface area contributed by atoms with E-state index in [0.29, 0.717) is 13.0 Å². The number of rotatable bonds is 12. The lowest BCUT2D eigenvalue weighted by Gasteiger charge is -2.24. The topological polar surface area (TPSA) is 57.5 Å². The maximum atomic E-state index is 10.6. The van der Waals surface area contributed by atoms with Gasteiger partial charge in [-0.05, 0) is 52.6 Å². The first-order chi connectivity index (χ1) is 16.5. The number of aliphatic hydroxyl groups excluding tert-OH is 1. The number of carboxylic acids is 1. The highest BCUT2D eigenvalue weighted by atomic mass is 28.3. The third-order valence-electron chi connectivity index (χ3n) is 6.80. The van der Waals surface area contributed by atoms with Crippen molar-refractivity contribution in [2.45, 2.75) is 103 Å². The quantitative estimate of drug-likeness (QED) is 0.351. The van der Waals surface area contributed by atoms with Gasteiger partial charge in [-0.15, -0.1) is 0 Å². The van der Waals surface area contributed by atoms with Crippen molar-refractivity contribution in [2.24, 2.45) is 0 Å². The fourth-order valence-electron chi connectivity index (χ4n) is 5.53. The standard InChI is InChI=1S/C15H24O2Si.C15H26OSi/c1-11(2)18(12(3)4)14-7-5-6-13(10-14)8-9-15(16)17;1-12(2)17(13(3)4)15-9-5-7-14(11-15)8-6-10-16/h5-7,10-12,18H,8-9H2,1-4H3,(H,16,17);5,7,9,11-13,16-17H,6,8,10H2,1-4H3. The molecular formula is C30H50O3Si2. The van der Waals surface area contributed by atoms with Crippen molar-refractivity contribution in [1.82, 2.24) is 0 Å². The molecule has 2 aromatic carbocycles. The van der Waals surface area contributed by atoms with E-state index in [1.54, 1.807) is 5.19 Å². The predicted molar refractivity (Wildman–Crippen MR) is 158 cm³/mol. The van der Waals surface area contributed by atoms with Gasteiger partial charge in [0.15, 0.2) is 0 Å². The Balaban J connectivity index is 0.000000351. The lowest BCUT2D eigenvalue weighted by Crippen LogP contribution is -2.36. The second-order valence-electron chi connectivity index (χ2n) is 11.2. The molecule has 2 N–H and O–H groups in total. The van der Waals surface area contributed by atoms with Gasteiger partial charge in [0.2, 0.25) is 0 Å². The second kappa shape index (κ2) is 16.1. The first kappa shape index (κ1) is 31.3. The predicted octanol–water partition coefficient (Wildman–Crippen LogP) is 5.82. The minimum Gasteiger partial charge on any atom is -0.481 e. The van der Waals surface area contributed by atoms with E-state index in [0.717, 1.165) is 40.6 Å². The summed E-state index contributed by atoms with van der Waals surface area (Å²) in [7, 11) is -1.83. The van der Waals surface area contributed by atoms with Crippen LogP contribution in [0, 0.1) is 0 Å². The third kappa shape index (κ3) is 11.3. The SMILES string of the molecule is CC(C)[SiH](c1cccc(CCC(=O)O)c1)C(C)C.CC(C)[SiH](c1cccc(CCCO)c1)C(C)C. The van der Waals surface area contributed by atoms with Gasteiger partial charge < -0.3 is 10.2 Å². The van der Waals surface area contributed by atoms with Crippen LogP contribution >= 0.6 is 0 Å². The maximum absolute atomic E-state index is 10.6. The van der Waals surface area contributed by atoms with E-state index in [4.69, 9.17) is 10.2 Å². The molecule has 0 aliphatic carbocycles. The van der Waals surface area contributed by atoms with Gasteiger partial charge in [-0.3, -0.25) is 4.79 Å². The Hall–Kier alpha value is -1.70. The zero-order valence-corrected chi connectivity index (χ0v) is 25.7. The summed E-state index contributed by atoms with van der Waals surface area (Å²) in [6.45, 7) is 19.0. The molecule has 0 heterocycles. The van der Waals surface area contributed by atoms with E-state index in [2.05, 4.69) is 97.9 Å². The zero-order valence-electron chi connectivity index (χ0n) is 23.4. The van der Waals surface area contributed by atoms with E-state index < -0.39 is 23.6 Å². The van der Waals surface area contributed by atoms with Crippen LogP contribution in [0.25, 0.3) is 0 Å². The molecule has 0 unspecified atom stereocenters. The van der Waals surface area contributed by atoms with Crippen LogP contribution in [0.4, 0.5) is 0 Å². The van der Waals surface area contributed by atoms with Gasteiger partial charge in [0.1, 0.15) is 0 Å². The molecule has 3 nitrogen and oxygen atoms in total. The molecule has 0 radical (unpaired) electrons. The van der Waals surface area contributed by atoms with Gasteiger partial charge in [0.25, 0.3) is 0 Å². The average Bonchev–Trinajstić information content (AvgIpc) is 2.76. The smallest absolute Gasteiger partial charge is 0.303 e. The lowest BCUT2D eigenvalue weighted by atomic mass is 10.1. The number of hydrogen-bond donors (Lipinski definition) is 2. The van der Waals surface area contributed by atoms with Crippen molar-refractivity contribution in [1.29, 1.82) is 0 Å². The molecule has 0 aliphatic heterocycles. The van der Waals surface area contributed by atoms with E-state index in [-0.39, 0.29) is 6.42 Å². The molecule has 5 heteroatoms. The maximum Gasteiger partial charge on any atom is 0.303 e. The molecule has 0 saturated heterocycles. The van der Waals surface area contributed by atoms with E-state index in [9.17, 15) is 4.79 Å². The van der Waals surface area contributed by atoms with Crippen molar-refractivity contribution in [2.75, 3.05) is 6.61 Å². The number of benzene rings is 2. The summed E-state index contributed by atoms with van der Waals surface area (Å²) in [5, 5.41) is 20.7. The summed E-state index contributed by atoms with van der Waals surface area (Å²) in [4.78, 5) is 10.6. The lowest BCUT2D eigenvalue weighted by molar-refractivity contribution is -0.136. The molecule has 0 saturated carbocycles. The van der Waals surface area contributed by atoms with Crippen LogP contribution in [0.3, 0.4) is 0 Å². The Bertz CT molecular complexity index is 861. The van der Waals surface area contributed by atoms with Crippen LogP contribution in [0.2, 0.25) is 22.2 Å². The highest BCUT2D eigenvalue weighted by molar-refractivity contribution is 6.76. The van der Waals surface area contributed by atoms with Gasteiger partial charge in [0, 0.05) is 13.0 Å². The zero-order chi connectivity index (χ0) is 26.5. The van der Waals surface area contributed by atoms with Crippen LogP contribution in [-0.4, -0.2) is 40.4 Å². The molecule has 196 valence electrons. The fraction of sp³-hybridized carbons (Fsp3) is 0.567. The summed E-state index contributed by atoms with van der Waals surface area (Å²) in [5.74, 6) is -0.720. The van der Waals surface area contributed by atoms with Crippen molar-refractivity contribution < 1.29 is 15.0 Å². The monoisotopic (exact) mass is 514 g/mol. The minimum absolute atomic E-state index is 0.221. The highest BCUT2D eigenvalue weighted by Crippen LogP contribution is 2.21. The number of aliphatic hydroxyl groups is 1. The summed E-state index contributed by atoms with van der Waals surface area (Å²) in [6.07, 6.45) is 2.74. The molecule has 0 spiro atoms. The van der Waals surface area contributed by atoms with Crippen LogP contribution < -0.4 is 10.4 Å². The molecule has 0 aliphatic rings. The molecule has 0 atom stereocenters. The van der Waals surface area contributed by atoms with Crippen LogP contribution in [-0.2, 0) is 17.6 Å². The van der Waals surface area contributed by atoms with Gasteiger partial charge in [-0.2, -0.15) is 0 Å². The number of carbonyl (C=O) groups is 1. The first-order valence-electron chi connectivity index (χ1n) is 13.5. The van der Waals surface area contributed by atoms with Crippen molar-refractivity contribution in [3.8, 4) is 0 Å². The largest absolute Gasteiger partial charge is 0.481 e. The van der Waals surface area contributed by atoms with Crippen LogP contribution in [0.15, 0.2) is 48.5 Å². The third-order valence-corrected chi connectivity index (χ3v) is 14.8. The number of aliphatic carboxylic acids is 1. The molecule has 2 rings (SSSR count). The first-order valence-corrected chi connectivity index (χ1v) is 17.3. The number of aryl methyl sites for hydroxylation is 2. The summed E-state index contributed by atoms with van der Waals surface area (Å²) in [5.41, 5.74) is 5.63. The molecule has 2 aromatic rings.